The van der Waals surface area contributed by atoms with Crippen molar-refractivity contribution in [3.05, 3.63) is 35.9 Å². The minimum atomic E-state index is -0.137. The van der Waals surface area contributed by atoms with Crippen LogP contribution in [-0.4, -0.2) is 11.2 Å². The van der Waals surface area contributed by atoms with Crippen LogP contribution in [-0.2, 0) is 0 Å². The molecule has 2 unspecified atom stereocenters. The molecule has 1 rings (SSSR count). The standard InChI is InChI=1S/C17H28O/c1-3-4-5-6-10-13-17(18)14-15(2)16-11-8-7-9-12-16/h7-9,11-12,15,17-18H,3-6,10,13-14H2,1-2H3. The maximum Gasteiger partial charge on any atom is 0.0546 e. The van der Waals surface area contributed by atoms with E-state index in [1.165, 1.54) is 37.7 Å². The Morgan fingerprint density at radius 2 is 1.67 bits per heavy atom. The molecule has 0 heterocycles. The van der Waals surface area contributed by atoms with Crippen molar-refractivity contribution in [1.82, 2.24) is 0 Å². The molecule has 0 aliphatic heterocycles. The molecule has 18 heavy (non-hydrogen) atoms. The molecule has 0 radical (unpaired) electrons. The summed E-state index contributed by atoms with van der Waals surface area (Å²) in [7, 11) is 0. The van der Waals surface area contributed by atoms with E-state index in [0.29, 0.717) is 5.92 Å². The van der Waals surface area contributed by atoms with Crippen molar-refractivity contribution in [1.29, 1.82) is 0 Å². The Bertz CT molecular complexity index is 294. The molecule has 0 spiro atoms. The molecule has 0 aliphatic carbocycles. The van der Waals surface area contributed by atoms with Crippen LogP contribution in [0.3, 0.4) is 0 Å². The van der Waals surface area contributed by atoms with Crippen LogP contribution in [0.15, 0.2) is 30.3 Å². The Labute approximate surface area is 112 Å². The minimum Gasteiger partial charge on any atom is -0.393 e. The molecule has 0 saturated heterocycles. The van der Waals surface area contributed by atoms with Crippen molar-refractivity contribution in [3.8, 4) is 0 Å². The van der Waals surface area contributed by atoms with Crippen molar-refractivity contribution >= 4 is 0 Å². The molecule has 2 atom stereocenters. The van der Waals surface area contributed by atoms with Crippen LogP contribution in [0.4, 0.5) is 0 Å². The number of benzene rings is 1. The van der Waals surface area contributed by atoms with Gasteiger partial charge in [-0.05, 0) is 24.3 Å². The lowest BCUT2D eigenvalue weighted by molar-refractivity contribution is 0.143. The molecular weight excluding hydrogens is 220 g/mol. The molecule has 1 nitrogen and oxygen atoms in total. The van der Waals surface area contributed by atoms with Crippen LogP contribution in [0.5, 0.6) is 0 Å². The second-order valence-electron chi connectivity index (χ2n) is 5.40. The first-order valence-electron chi connectivity index (χ1n) is 7.47. The zero-order valence-electron chi connectivity index (χ0n) is 11.9. The second kappa shape index (κ2) is 9.16. The number of hydrogen-bond donors (Lipinski definition) is 1. The third kappa shape index (κ3) is 6.20. The maximum absolute atomic E-state index is 10.0. The summed E-state index contributed by atoms with van der Waals surface area (Å²) in [5.74, 6) is 0.455. The smallest absolute Gasteiger partial charge is 0.0546 e. The highest BCUT2D eigenvalue weighted by Crippen LogP contribution is 2.22. The van der Waals surface area contributed by atoms with Gasteiger partial charge >= 0.3 is 0 Å². The van der Waals surface area contributed by atoms with E-state index in [1.807, 2.05) is 6.07 Å². The molecule has 0 bridgehead atoms. The number of aliphatic hydroxyl groups excluding tert-OH is 1. The highest BCUT2D eigenvalue weighted by Gasteiger charge is 2.11. The molecule has 102 valence electrons. The summed E-state index contributed by atoms with van der Waals surface area (Å²) in [6.45, 7) is 4.44. The van der Waals surface area contributed by atoms with Crippen molar-refractivity contribution in [2.45, 2.75) is 70.8 Å². The van der Waals surface area contributed by atoms with Gasteiger partial charge in [0.25, 0.3) is 0 Å². The van der Waals surface area contributed by atoms with E-state index in [1.54, 1.807) is 0 Å². The highest BCUT2D eigenvalue weighted by molar-refractivity contribution is 5.18. The normalized spacial score (nSPS) is 14.4. The summed E-state index contributed by atoms with van der Waals surface area (Å²) in [5.41, 5.74) is 1.34. The van der Waals surface area contributed by atoms with Crippen molar-refractivity contribution < 1.29 is 5.11 Å². The molecule has 0 saturated carbocycles. The topological polar surface area (TPSA) is 20.2 Å². The molecule has 0 aromatic heterocycles. The zero-order valence-corrected chi connectivity index (χ0v) is 11.9. The Hall–Kier alpha value is -0.820. The molecular formula is C17H28O. The van der Waals surface area contributed by atoms with Crippen LogP contribution in [0.1, 0.15) is 70.3 Å². The van der Waals surface area contributed by atoms with Crippen LogP contribution >= 0.6 is 0 Å². The Kier molecular flexibility index (Phi) is 7.75. The fourth-order valence-electron chi connectivity index (χ4n) is 2.43. The van der Waals surface area contributed by atoms with Gasteiger partial charge in [0.2, 0.25) is 0 Å². The quantitative estimate of drug-likeness (QED) is 0.616. The van der Waals surface area contributed by atoms with E-state index in [-0.39, 0.29) is 6.10 Å². The fourth-order valence-corrected chi connectivity index (χ4v) is 2.43. The van der Waals surface area contributed by atoms with Crippen LogP contribution in [0.2, 0.25) is 0 Å². The average molecular weight is 248 g/mol. The molecule has 0 aliphatic rings. The van der Waals surface area contributed by atoms with Gasteiger partial charge in [-0.1, -0.05) is 76.3 Å². The summed E-state index contributed by atoms with van der Waals surface area (Å²) in [6.07, 6.45) is 8.08. The van der Waals surface area contributed by atoms with Crippen molar-refractivity contribution in [2.75, 3.05) is 0 Å². The van der Waals surface area contributed by atoms with Crippen molar-refractivity contribution in [3.63, 3.8) is 0 Å². The third-order valence-electron chi connectivity index (χ3n) is 3.64. The number of rotatable bonds is 9. The van der Waals surface area contributed by atoms with Crippen LogP contribution in [0, 0.1) is 0 Å². The predicted octanol–water partition coefficient (Wildman–Crippen LogP) is 4.90. The third-order valence-corrected chi connectivity index (χ3v) is 3.64. The van der Waals surface area contributed by atoms with E-state index in [2.05, 4.69) is 38.1 Å². The molecule has 0 fully saturated rings. The first-order valence-corrected chi connectivity index (χ1v) is 7.47. The minimum absolute atomic E-state index is 0.137. The van der Waals surface area contributed by atoms with Gasteiger partial charge in [-0.15, -0.1) is 0 Å². The molecule has 0 amide bonds. The van der Waals surface area contributed by atoms with E-state index >= 15 is 0 Å². The summed E-state index contributed by atoms with van der Waals surface area (Å²) in [4.78, 5) is 0. The van der Waals surface area contributed by atoms with E-state index < -0.39 is 0 Å². The summed E-state index contributed by atoms with van der Waals surface area (Å²) in [5, 5.41) is 10.0. The lowest BCUT2D eigenvalue weighted by atomic mass is 9.93. The highest BCUT2D eigenvalue weighted by atomic mass is 16.3. The monoisotopic (exact) mass is 248 g/mol. The summed E-state index contributed by atoms with van der Waals surface area (Å²) in [6, 6.07) is 10.5. The van der Waals surface area contributed by atoms with Gasteiger partial charge in [-0.25, -0.2) is 0 Å². The van der Waals surface area contributed by atoms with Gasteiger partial charge in [-0.3, -0.25) is 0 Å². The number of unbranched alkanes of at least 4 members (excludes halogenated alkanes) is 4. The fraction of sp³-hybridized carbons (Fsp3) is 0.647. The zero-order chi connectivity index (χ0) is 13.2. The van der Waals surface area contributed by atoms with Gasteiger partial charge in [0, 0.05) is 0 Å². The van der Waals surface area contributed by atoms with E-state index in [0.717, 1.165) is 12.8 Å². The van der Waals surface area contributed by atoms with E-state index in [4.69, 9.17) is 0 Å². The largest absolute Gasteiger partial charge is 0.393 e. The van der Waals surface area contributed by atoms with Gasteiger partial charge < -0.3 is 5.11 Å². The van der Waals surface area contributed by atoms with Gasteiger partial charge in [0.15, 0.2) is 0 Å². The molecule has 1 N–H and O–H groups in total. The second-order valence-corrected chi connectivity index (χ2v) is 5.40. The molecule has 1 aromatic rings. The number of aliphatic hydroxyl groups is 1. The lowest BCUT2D eigenvalue weighted by Crippen LogP contribution is -2.10. The number of hydrogen-bond acceptors (Lipinski definition) is 1. The Morgan fingerprint density at radius 3 is 2.33 bits per heavy atom. The summed E-state index contributed by atoms with van der Waals surface area (Å²) >= 11 is 0. The predicted molar refractivity (Wildman–Crippen MR) is 78.9 cm³/mol. The first-order chi connectivity index (χ1) is 8.74. The SMILES string of the molecule is CCCCCCCC(O)CC(C)c1ccccc1. The van der Waals surface area contributed by atoms with Crippen molar-refractivity contribution in [2.24, 2.45) is 0 Å². The van der Waals surface area contributed by atoms with Crippen LogP contribution < -0.4 is 0 Å². The Morgan fingerprint density at radius 1 is 1.00 bits per heavy atom. The lowest BCUT2D eigenvalue weighted by Gasteiger charge is -2.16. The molecule has 1 heteroatoms. The Balaban J connectivity index is 2.17. The van der Waals surface area contributed by atoms with Gasteiger partial charge in [0.1, 0.15) is 0 Å². The molecule has 1 aromatic carbocycles. The first kappa shape index (κ1) is 15.2. The van der Waals surface area contributed by atoms with Gasteiger partial charge in [0.05, 0.1) is 6.10 Å². The maximum atomic E-state index is 10.0. The van der Waals surface area contributed by atoms with Crippen LogP contribution in [0.25, 0.3) is 0 Å². The summed E-state index contributed by atoms with van der Waals surface area (Å²) < 4.78 is 0. The average Bonchev–Trinajstić information content (AvgIpc) is 2.39. The van der Waals surface area contributed by atoms with Gasteiger partial charge in [-0.2, -0.15) is 0 Å². The van der Waals surface area contributed by atoms with E-state index in [9.17, 15) is 5.11 Å².